The average Bonchev–Trinajstić information content (AvgIpc) is 3.59. The van der Waals surface area contributed by atoms with Crippen molar-refractivity contribution < 1.29 is 30.0 Å². The molecule has 8 aromatic rings. The van der Waals surface area contributed by atoms with Gasteiger partial charge in [0, 0.05) is 43.4 Å². The van der Waals surface area contributed by atoms with E-state index in [9.17, 15) is 0 Å². The number of aromatic nitrogens is 2. The van der Waals surface area contributed by atoms with Crippen LogP contribution in [0.1, 0.15) is 42.9 Å². The Balaban J connectivity index is 0.000000198. The van der Waals surface area contributed by atoms with Crippen LogP contribution in [0.2, 0.25) is 19.6 Å². The molecule has 8 rings (SSSR count). The normalized spacial score (nSPS) is 13.1. The van der Waals surface area contributed by atoms with Crippen LogP contribution in [0.3, 0.4) is 0 Å². The molecule has 1 radical (unpaired) electrons. The SMILES string of the molecule is [2H]C([2H])(c1ccccc1)c1cc(-c2[c-]cccc2)ncc1[Si](C)(C)C.[2H]C([2H])(c1ccnc(-c2[c-]ccc3c2oc2cc(-c4ccccc4)ccc23)c1)C(C)(C)C.[Ir]. The number of furan rings is 1. The monoisotopic (exact) mass is 903 g/mol. The molecule has 0 N–H and O–H groups in total. The van der Waals surface area contributed by atoms with E-state index in [0.29, 0.717) is 22.4 Å². The molecular formula is C49H46IrN2OSi-2. The van der Waals surface area contributed by atoms with Gasteiger partial charge in [-0.3, -0.25) is 0 Å². The Kier molecular flexibility index (Phi) is 10.3. The molecule has 0 unspecified atom stereocenters. The average molecular weight is 903 g/mol. The standard InChI is InChI=1S/C28H24NO.C21H22NSi.Ir/c1-28(2,3)18-19-14-15-29-25(16-19)24-11-7-10-23-22-13-12-21(17-26(22)30-27(23)24)20-8-5-4-6-9-20;1-23(2,3)21-16-22-20(18-12-8-5-9-13-18)15-19(21)14-17-10-6-4-7-11-17;/h4-10,12-17H,18H2,1-3H3;4-12,15-16H,14H2,1-3H3;/q2*-1;/i18D2;14D2;. The molecule has 54 heavy (non-hydrogen) atoms. The Morgan fingerprint density at radius 2 is 1.43 bits per heavy atom. The Morgan fingerprint density at radius 3 is 2.13 bits per heavy atom. The number of fused-ring (bicyclic) bond motifs is 3. The van der Waals surface area contributed by atoms with Crippen molar-refractivity contribution in [1.29, 1.82) is 0 Å². The molecule has 0 fully saturated rings. The van der Waals surface area contributed by atoms with Crippen LogP contribution < -0.4 is 5.19 Å². The van der Waals surface area contributed by atoms with Gasteiger partial charge in [0.2, 0.25) is 0 Å². The maximum Gasteiger partial charge on any atom is 0.121 e. The number of hydrogen-bond donors (Lipinski definition) is 0. The van der Waals surface area contributed by atoms with Crippen LogP contribution in [0.15, 0.2) is 150 Å². The predicted octanol–water partition coefficient (Wildman–Crippen LogP) is 12.4. The molecule has 3 heterocycles. The molecule has 0 aliphatic carbocycles. The van der Waals surface area contributed by atoms with Gasteiger partial charge in [0.05, 0.1) is 13.7 Å². The summed E-state index contributed by atoms with van der Waals surface area (Å²) < 4.78 is 41.3. The molecule has 0 amide bonds. The van der Waals surface area contributed by atoms with Gasteiger partial charge in [0.1, 0.15) is 5.58 Å². The molecule has 0 atom stereocenters. The predicted molar refractivity (Wildman–Crippen MR) is 225 cm³/mol. The van der Waals surface area contributed by atoms with Gasteiger partial charge in [-0.15, -0.1) is 54.1 Å². The zero-order valence-corrected chi connectivity index (χ0v) is 34.9. The summed E-state index contributed by atoms with van der Waals surface area (Å²) in [6, 6.07) is 49.4. The fourth-order valence-electron chi connectivity index (χ4n) is 6.35. The summed E-state index contributed by atoms with van der Waals surface area (Å²) >= 11 is 0. The number of hydrogen-bond acceptors (Lipinski definition) is 3. The van der Waals surface area contributed by atoms with Crippen molar-refractivity contribution in [2.45, 2.75) is 53.2 Å². The van der Waals surface area contributed by atoms with E-state index in [1.807, 2.05) is 124 Å². The van der Waals surface area contributed by atoms with E-state index in [1.54, 1.807) is 12.3 Å². The molecule has 0 aliphatic heterocycles. The Labute approximate surface area is 340 Å². The van der Waals surface area contributed by atoms with Gasteiger partial charge < -0.3 is 14.4 Å². The summed E-state index contributed by atoms with van der Waals surface area (Å²) in [5.41, 5.74) is 8.25. The van der Waals surface area contributed by atoms with E-state index in [2.05, 4.69) is 72.1 Å². The summed E-state index contributed by atoms with van der Waals surface area (Å²) in [5, 5.41) is 3.09. The molecule has 0 saturated carbocycles. The molecular weight excluding hydrogens is 853 g/mol. The molecule has 3 aromatic heterocycles. The first-order chi connectivity index (χ1) is 27.1. The first-order valence-electron chi connectivity index (χ1n) is 20.0. The quantitative estimate of drug-likeness (QED) is 0.118. The third-order valence-electron chi connectivity index (χ3n) is 8.83. The van der Waals surface area contributed by atoms with Gasteiger partial charge in [-0.25, -0.2) is 0 Å². The number of nitrogens with zero attached hydrogens (tertiary/aromatic N) is 2. The van der Waals surface area contributed by atoms with Crippen LogP contribution >= 0.6 is 0 Å². The van der Waals surface area contributed by atoms with Crippen molar-refractivity contribution in [3.63, 3.8) is 0 Å². The first-order valence-corrected chi connectivity index (χ1v) is 21.5. The van der Waals surface area contributed by atoms with E-state index in [1.165, 1.54) is 0 Å². The van der Waals surface area contributed by atoms with Gasteiger partial charge in [0.15, 0.2) is 0 Å². The largest absolute Gasteiger partial charge is 0.501 e. The summed E-state index contributed by atoms with van der Waals surface area (Å²) in [6.45, 7) is 12.4. The number of benzene rings is 5. The third-order valence-corrected chi connectivity index (χ3v) is 10.8. The Morgan fingerprint density at radius 1 is 0.685 bits per heavy atom. The van der Waals surface area contributed by atoms with Crippen molar-refractivity contribution in [1.82, 2.24) is 9.97 Å². The summed E-state index contributed by atoms with van der Waals surface area (Å²) in [5.74, 6) is 0. The second-order valence-corrected chi connectivity index (χ2v) is 20.3. The molecule has 0 aliphatic rings. The molecule has 5 aromatic carbocycles. The Bertz CT molecular complexity index is 2650. The second kappa shape index (κ2) is 16.6. The van der Waals surface area contributed by atoms with Crippen LogP contribution in [-0.4, -0.2) is 18.0 Å². The van der Waals surface area contributed by atoms with Gasteiger partial charge in [-0.1, -0.05) is 147 Å². The zero-order chi connectivity index (χ0) is 40.6. The fraction of sp³-hybridized carbons (Fsp3) is 0.184. The van der Waals surface area contributed by atoms with E-state index in [-0.39, 0.29) is 20.1 Å². The van der Waals surface area contributed by atoms with Crippen molar-refractivity contribution in [2.75, 3.05) is 0 Å². The third kappa shape index (κ3) is 9.22. The van der Waals surface area contributed by atoms with Gasteiger partial charge in [-0.05, 0) is 63.6 Å². The fourth-order valence-corrected chi connectivity index (χ4v) is 7.75. The summed E-state index contributed by atoms with van der Waals surface area (Å²) in [6.07, 6.45) is 0.468. The minimum Gasteiger partial charge on any atom is -0.501 e. The number of pyridine rings is 2. The van der Waals surface area contributed by atoms with Crippen LogP contribution in [-0.2, 0) is 32.9 Å². The van der Waals surface area contributed by atoms with E-state index < -0.39 is 26.2 Å². The van der Waals surface area contributed by atoms with Crippen LogP contribution in [0, 0.1) is 17.5 Å². The van der Waals surface area contributed by atoms with Gasteiger partial charge in [0.25, 0.3) is 0 Å². The Hall–Kier alpha value is -4.93. The maximum absolute atomic E-state index is 8.84. The second-order valence-electron chi connectivity index (χ2n) is 15.2. The number of rotatable bonds is 7. The first kappa shape index (κ1) is 33.6. The molecule has 0 spiro atoms. The van der Waals surface area contributed by atoms with Crippen molar-refractivity contribution in [3.05, 3.63) is 175 Å². The topological polar surface area (TPSA) is 38.9 Å². The molecule has 3 nitrogen and oxygen atoms in total. The van der Waals surface area contributed by atoms with Crippen LogP contribution in [0.5, 0.6) is 0 Å². The van der Waals surface area contributed by atoms with Crippen LogP contribution in [0.25, 0.3) is 55.6 Å². The summed E-state index contributed by atoms with van der Waals surface area (Å²) in [4.78, 5) is 9.15. The molecule has 273 valence electrons. The van der Waals surface area contributed by atoms with E-state index in [4.69, 9.17) is 9.90 Å². The molecule has 0 saturated heterocycles. The zero-order valence-electron chi connectivity index (χ0n) is 35.5. The van der Waals surface area contributed by atoms with Gasteiger partial charge >= 0.3 is 0 Å². The van der Waals surface area contributed by atoms with E-state index in [0.717, 1.165) is 55.1 Å². The van der Waals surface area contributed by atoms with Crippen LogP contribution in [0.4, 0.5) is 0 Å². The smallest absolute Gasteiger partial charge is 0.121 e. The van der Waals surface area contributed by atoms with Crippen molar-refractivity contribution in [2.24, 2.45) is 5.41 Å². The van der Waals surface area contributed by atoms with Crippen molar-refractivity contribution in [3.8, 4) is 33.6 Å². The van der Waals surface area contributed by atoms with E-state index >= 15 is 0 Å². The summed E-state index contributed by atoms with van der Waals surface area (Å²) in [7, 11) is -1.76. The molecule has 5 heteroatoms. The van der Waals surface area contributed by atoms with Gasteiger partial charge in [-0.2, -0.15) is 0 Å². The minimum atomic E-state index is -1.76. The maximum atomic E-state index is 8.84. The minimum absolute atomic E-state index is 0. The van der Waals surface area contributed by atoms with Crippen molar-refractivity contribution >= 4 is 35.2 Å². The molecule has 0 bridgehead atoms.